The minimum atomic E-state index is -4.18. The van der Waals surface area contributed by atoms with Crippen molar-refractivity contribution in [3.8, 4) is 0 Å². The van der Waals surface area contributed by atoms with Crippen molar-refractivity contribution in [3.05, 3.63) is 24.0 Å². The van der Waals surface area contributed by atoms with E-state index in [9.17, 15) is 13.2 Å². The first kappa shape index (κ1) is 13.7. The topological polar surface area (TPSA) is 28.2 Å². The maximum Gasteiger partial charge on any atom is 0.405 e. The van der Waals surface area contributed by atoms with Crippen molar-refractivity contribution in [1.82, 2.24) is 10.3 Å². The lowest BCUT2D eigenvalue weighted by Gasteiger charge is -2.27. The number of nitrogens with zero attached hydrogens (tertiary/aromatic N) is 2. The summed E-state index contributed by atoms with van der Waals surface area (Å²) in [5, 5.41) is 3.35. The van der Waals surface area contributed by atoms with Crippen LogP contribution in [0.4, 0.5) is 18.9 Å². The van der Waals surface area contributed by atoms with Gasteiger partial charge in [0.2, 0.25) is 0 Å². The van der Waals surface area contributed by atoms with Crippen LogP contribution in [-0.4, -0.2) is 29.8 Å². The molecule has 1 aromatic heterocycles. The third kappa shape index (κ3) is 3.62. The molecule has 1 heterocycles. The highest BCUT2D eigenvalue weighted by Gasteiger charge is 2.39. The Morgan fingerprint density at radius 3 is 2.60 bits per heavy atom. The van der Waals surface area contributed by atoms with Gasteiger partial charge in [-0.05, 0) is 37.3 Å². The molecule has 2 aliphatic carbocycles. The second-order valence-electron chi connectivity index (χ2n) is 5.63. The van der Waals surface area contributed by atoms with Crippen molar-refractivity contribution < 1.29 is 13.2 Å². The van der Waals surface area contributed by atoms with Crippen LogP contribution in [0.1, 0.15) is 31.2 Å². The van der Waals surface area contributed by atoms with E-state index in [1.165, 1.54) is 4.90 Å². The average molecular weight is 285 g/mol. The first-order chi connectivity index (χ1) is 9.53. The molecule has 2 fully saturated rings. The van der Waals surface area contributed by atoms with Gasteiger partial charge in [0.25, 0.3) is 0 Å². The lowest BCUT2D eigenvalue weighted by atomic mass is 10.2. The van der Waals surface area contributed by atoms with Gasteiger partial charge in [-0.15, -0.1) is 0 Å². The Bertz CT molecular complexity index is 467. The van der Waals surface area contributed by atoms with Gasteiger partial charge in [0.05, 0.1) is 11.9 Å². The molecule has 0 amide bonds. The second kappa shape index (κ2) is 5.24. The molecule has 0 aromatic carbocycles. The Hall–Kier alpha value is -1.30. The standard InChI is InChI=1S/C14H18F3N3/c15-14(16,17)9-20(12-3-4-12)13-8-18-6-5-10(13)7-19-11-1-2-11/h5-6,8,11-12,19H,1-4,7,9H2. The molecule has 1 N–H and O–H groups in total. The van der Waals surface area contributed by atoms with E-state index < -0.39 is 12.7 Å². The zero-order chi connectivity index (χ0) is 14.2. The Labute approximate surface area is 116 Å². The zero-order valence-electron chi connectivity index (χ0n) is 11.2. The summed E-state index contributed by atoms with van der Waals surface area (Å²) in [4.78, 5) is 5.48. The Morgan fingerprint density at radius 1 is 1.25 bits per heavy atom. The molecule has 0 bridgehead atoms. The van der Waals surface area contributed by atoms with Crippen LogP contribution >= 0.6 is 0 Å². The van der Waals surface area contributed by atoms with Gasteiger partial charge < -0.3 is 10.2 Å². The van der Waals surface area contributed by atoms with Crippen LogP contribution in [0.5, 0.6) is 0 Å². The molecule has 2 aliphatic rings. The third-order valence-corrected chi connectivity index (χ3v) is 3.69. The number of hydrogen-bond acceptors (Lipinski definition) is 3. The molecule has 0 saturated heterocycles. The Balaban J connectivity index is 1.77. The molecule has 1 aromatic rings. The van der Waals surface area contributed by atoms with Crippen LogP contribution in [0.3, 0.4) is 0 Å². The quantitative estimate of drug-likeness (QED) is 0.871. The summed E-state index contributed by atoms with van der Waals surface area (Å²) in [5.74, 6) is 0. The molecular weight excluding hydrogens is 267 g/mol. The van der Waals surface area contributed by atoms with Gasteiger partial charge in [-0.25, -0.2) is 0 Å². The number of pyridine rings is 1. The molecule has 0 atom stereocenters. The van der Waals surface area contributed by atoms with Gasteiger partial charge in [0.1, 0.15) is 6.54 Å². The Morgan fingerprint density at radius 2 is 2.00 bits per heavy atom. The predicted molar refractivity (Wildman–Crippen MR) is 70.5 cm³/mol. The lowest BCUT2D eigenvalue weighted by Crippen LogP contribution is -2.37. The van der Waals surface area contributed by atoms with Crippen molar-refractivity contribution >= 4 is 5.69 Å². The summed E-state index contributed by atoms with van der Waals surface area (Å²) in [5.41, 5.74) is 1.53. The van der Waals surface area contributed by atoms with Crippen molar-refractivity contribution in [2.75, 3.05) is 11.4 Å². The summed E-state index contributed by atoms with van der Waals surface area (Å²) in [7, 11) is 0. The number of aromatic nitrogens is 1. The van der Waals surface area contributed by atoms with Gasteiger partial charge in [-0.1, -0.05) is 0 Å². The van der Waals surface area contributed by atoms with Crippen molar-refractivity contribution in [2.45, 2.75) is 50.5 Å². The molecule has 6 heteroatoms. The minimum absolute atomic E-state index is 0.0144. The normalized spacial score (nSPS) is 19.1. The van der Waals surface area contributed by atoms with E-state index in [1.54, 1.807) is 12.4 Å². The predicted octanol–water partition coefficient (Wildman–Crippen LogP) is 2.86. The molecule has 110 valence electrons. The number of anilines is 1. The number of alkyl halides is 3. The second-order valence-corrected chi connectivity index (χ2v) is 5.63. The number of rotatable bonds is 6. The van der Waals surface area contributed by atoms with E-state index in [0.29, 0.717) is 18.3 Å². The van der Waals surface area contributed by atoms with Gasteiger partial charge in [0, 0.05) is 24.8 Å². The van der Waals surface area contributed by atoms with Crippen LogP contribution < -0.4 is 10.2 Å². The van der Waals surface area contributed by atoms with Crippen molar-refractivity contribution in [3.63, 3.8) is 0 Å². The summed E-state index contributed by atoms with van der Waals surface area (Å²) < 4.78 is 38.3. The monoisotopic (exact) mass is 285 g/mol. The lowest BCUT2D eigenvalue weighted by molar-refractivity contribution is -0.120. The number of nitrogens with one attached hydrogen (secondary N) is 1. The van der Waals surface area contributed by atoms with Crippen LogP contribution in [0.25, 0.3) is 0 Å². The van der Waals surface area contributed by atoms with E-state index in [-0.39, 0.29) is 6.04 Å². The number of hydrogen-bond donors (Lipinski definition) is 1. The molecule has 3 nitrogen and oxygen atoms in total. The highest BCUT2D eigenvalue weighted by atomic mass is 19.4. The Kier molecular flexibility index (Phi) is 3.58. The van der Waals surface area contributed by atoms with Crippen LogP contribution in [0, 0.1) is 0 Å². The summed E-state index contributed by atoms with van der Waals surface area (Å²) in [6.45, 7) is -0.274. The maximum atomic E-state index is 12.8. The third-order valence-electron chi connectivity index (χ3n) is 3.69. The molecule has 0 radical (unpaired) electrons. The SMILES string of the molecule is FC(F)(F)CN(c1cnccc1CNC1CC1)C1CC1. The highest BCUT2D eigenvalue weighted by Crippen LogP contribution is 2.35. The van der Waals surface area contributed by atoms with Gasteiger partial charge >= 0.3 is 6.18 Å². The molecular formula is C14H18F3N3. The molecule has 2 saturated carbocycles. The van der Waals surface area contributed by atoms with E-state index in [2.05, 4.69) is 10.3 Å². The average Bonchev–Trinajstić information content (AvgIpc) is 3.27. The highest BCUT2D eigenvalue weighted by molar-refractivity contribution is 5.53. The molecule has 0 spiro atoms. The van der Waals surface area contributed by atoms with Crippen LogP contribution in [0.15, 0.2) is 18.5 Å². The summed E-state index contributed by atoms with van der Waals surface area (Å²) in [6, 6.07) is 2.37. The fraction of sp³-hybridized carbons (Fsp3) is 0.643. The summed E-state index contributed by atoms with van der Waals surface area (Å²) >= 11 is 0. The molecule has 0 aliphatic heterocycles. The van der Waals surface area contributed by atoms with Gasteiger partial charge in [-0.2, -0.15) is 13.2 Å². The molecule has 3 rings (SSSR count). The van der Waals surface area contributed by atoms with Crippen LogP contribution in [0.2, 0.25) is 0 Å². The van der Waals surface area contributed by atoms with Crippen LogP contribution in [-0.2, 0) is 6.54 Å². The van der Waals surface area contributed by atoms with Crippen molar-refractivity contribution in [2.24, 2.45) is 0 Å². The molecule has 20 heavy (non-hydrogen) atoms. The van der Waals surface area contributed by atoms with E-state index in [0.717, 1.165) is 31.2 Å². The smallest absolute Gasteiger partial charge is 0.358 e. The number of halogens is 3. The van der Waals surface area contributed by atoms with E-state index in [1.807, 2.05) is 6.07 Å². The fourth-order valence-corrected chi connectivity index (χ4v) is 2.36. The maximum absolute atomic E-state index is 12.8. The molecule has 0 unspecified atom stereocenters. The minimum Gasteiger partial charge on any atom is -0.358 e. The summed E-state index contributed by atoms with van der Waals surface area (Å²) in [6.07, 6.45) is 3.02. The zero-order valence-corrected chi connectivity index (χ0v) is 11.2. The first-order valence-corrected chi connectivity index (χ1v) is 7.02. The van der Waals surface area contributed by atoms with Gasteiger partial charge in [0.15, 0.2) is 0 Å². The van der Waals surface area contributed by atoms with Gasteiger partial charge in [-0.3, -0.25) is 4.98 Å². The van der Waals surface area contributed by atoms with Crippen molar-refractivity contribution in [1.29, 1.82) is 0 Å². The van der Waals surface area contributed by atoms with E-state index in [4.69, 9.17) is 0 Å². The van der Waals surface area contributed by atoms with E-state index >= 15 is 0 Å². The first-order valence-electron chi connectivity index (χ1n) is 7.02. The fourth-order valence-electron chi connectivity index (χ4n) is 2.36. The largest absolute Gasteiger partial charge is 0.405 e.